The maximum Gasteiger partial charge on any atom is 0.410 e. The number of rotatable bonds is 5. The largest absolute Gasteiger partial charge is 0.448 e. The van der Waals surface area contributed by atoms with E-state index in [1.807, 2.05) is 11.0 Å². The molecule has 2 aliphatic heterocycles. The fraction of sp³-hybridized carbons (Fsp3) is 0.229. The summed E-state index contributed by atoms with van der Waals surface area (Å²) in [6.45, 7) is 0.382. The first kappa shape index (κ1) is 23.0. The lowest BCUT2D eigenvalue weighted by Gasteiger charge is -2.33. The summed E-state index contributed by atoms with van der Waals surface area (Å²) in [6.07, 6.45) is 6.10. The SMILES string of the molecule is O=C(OCC1c2ccccc2-c2ccccc21)N1C2C=C(Cc3ccc(-c4ccccc4)cc3)CC1CC2. The summed E-state index contributed by atoms with van der Waals surface area (Å²) in [5.74, 6) is 0.0961. The topological polar surface area (TPSA) is 29.5 Å². The second-order valence-electron chi connectivity index (χ2n) is 10.8. The van der Waals surface area contributed by atoms with Crippen molar-refractivity contribution >= 4 is 6.09 Å². The lowest BCUT2D eigenvalue weighted by atomic mass is 9.94. The smallest absolute Gasteiger partial charge is 0.410 e. The Morgan fingerprint density at radius 2 is 1.37 bits per heavy atom. The maximum atomic E-state index is 13.4. The predicted octanol–water partition coefficient (Wildman–Crippen LogP) is 8.01. The molecule has 2 atom stereocenters. The van der Waals surface area contributed by atoms with E-state index in [-0.39, 0.29) is 24.1 Å². The molecule has 4 aromatic rings. The van der Waals surface area contributed by atoms with Crippen molar-refractivity contribution in [3.8, 4) is 22.3 Å². The second-order valence-corrected chi connectivity index (χ2v) is 10.8. The molecule has 3 heteroatoms. The molecule has 1 amide bonds. The summed E-state index contributed by atoms with van der Waals surface area (Å²) in [4.78, 5) is 15.4. The van der Waals surface area contributed by atoms with Gasteiger partial charge in [-0.05, 0) is 64.6 Å². The van der Waals surface area contributed by atoms with Crippen molar-refractivity contribution in [2.75, 3.05) is 6.61 Å². The van der Waals surface area contributed by atoms with E-state index in [1.165, 1.54) is 44.5 Å². The van der Waals surface area contributed by atoms with Crippen LogP contribution in [0.2, 0.25) is 0 Å². The summed E-state index contributed by atoms with van der Waals surface area (Å²) in [5, 5.41) is 0. The van der Waals surface area contributed by atoms with Crippen LogP contribution < -0.4 is 0 Å². The van der Waals surface area contributed by atoms with Gasteiger partial charge in [0.25, 0.3) is 0 Å². The molecule has 0 radical (unpaired) electrons. The van der Waals surface area contributed by atoms with Gasteiger partial charge in [-0.25, -0.2) is 4.79 Å². The van der Waals surface area contributed by atoms with E-state index in [2.05, 4.69) is 103 Å². The molecule has 0 N–H and O–H groups in total. The maximum absolute atomic E-state index is 13.4. The third-order valence-electron chi connectivity index (χ3n) is 8.51. The highest BCUT2D eigenvalue weighted by molar-refractivity contribution is 5.79. The molecule has 2 heterocycles. The Balaban J connectivity index is 1.02. The lowest BCUT2D eigenvalue weighted by Crippen LogP contribution is -2.44. The summed E-state index contributed by atoms with van der Waals surface area (Å²) in [6, 6.07) is 36.8. The standard InChI is InChI=1S/C35H31NO2/c37-35(38-23-34-32-12-6-4-10-30(32)31-11-5-7-13-33(31)34)36-28-18-19-29(36)22-25(21-28)20-24-14-16-27(17-15-24)26-8-2-1-3-9-26/h1-17,21,28-29,34H,18-20,22-23H2. The van der Waals surface area contributed by atoms with Gasteiger partial charge in [-0.3, -0.25) is 4.90 Å². The number of hydrogen-bond acceptors (Lipinski definition) is 2. The summed E-state index contributed by atoms with van der Waals surface area (Å²) >= 11 is 0. The van der Waals surface area contributed by atoms with Gasteiger partial charge in [-0.15, -0.1) is 0 Å². The molecule has 1 fully saturated rings. The summed E-state index contributed by atoms with van der Waals surface area (Å²) in [5.41, 5.74) is 10.3. The average molecular weight is 498 g/mol. The van der Waals surface area contributed by atoms with E-state index in [0.29, 0.717) is 6.61 Å². The van der Waals surface area contributed by atoms with Gasteiger partial charge in [-0.1, -0.05) is 115 Å². The Morgan fingerprint density at radius 3 is 2.05 bits per heavy atom. The molecule has 3 nitrogen and oxygen atoms in total. The molecule has 38 heavy (non-hydrogen) atoms. The molecule has 2 unspecified atom stereocenters. The first-order valence-electron chi connectivity index (χ1n) is 13.7. The van der Waals surface area contributed by atoms with Crippen molar-refractivity contribution < 1.29 is 9.53 Å². The first-order valence-corrected chi connectivity index (χ1v) is 13.7. The molecule has 0 saturated carbocycles. The normalized spacial score (nSPS) is 19.6. The van der Waals surface area contributed by atoms with Gasteiger partial charge in [0.15, 0.2) is 0 Å². The van der Waals surface area contributed by atoms with Crippen molar-refractivity contribution in [1.29, 1.82) is 0 Å². The Bertz CT molecular complexity index is 1460. The number of ether oxygens (including phenoxy) is 1. The molecular weight excluding hydrogens is 466 g/mol. The van der Waals surface area contributed by atoms with Crippen LogP contribution >= 0.6 is 0 Å². The van der Waals surface area contributed by atoms with Gasteiger partial charge >= 0.3 is 6.09 Å². The van der Waals surface area contributed by atoms with E-state index < -0.39 is 0 Å². The van der Waals surface area contributed by atoms with Crippen molar-refractivity contribution in [2.45, 2.75) is 43.7 Å². The van der Waals surface area contributed by atoms with E-state index >= 15 is 0 Å². The van der Waals surface area contributed by atoms with Gasteiger partial charge in [0.1, 0.15) is 6.61 Å². The molecule has 0 spiro atoms. The minimum Gasteiger partial charge on any atom is -0.448 e. The van der Waals surface area contributed by atoms with Crippen molar-refractivity contribution in [2.24, 2.45) is 0 Å². The lowest BCUT2D eigenvalue weighted by molar-refractivity contribution is 0.0849. The number of carbonyl (C=O) groups is 1. The van der Waals surface area contributed by atoms with Crippen LogP contribution in [0.15, 0.2) is 115 Å². The number of hydrogen-bond donors (Lipinski definition) is 0. The van der Waals surface area contributed by atoms with Crippen molar-refractivity contribution in [3.63, 3.8) is 0 Å². The quantitative estimate of drug-likeness (QED) is 0.261. The Kier molecular flexibility index (Phi) is 5.85. The number of benzene rings is 4. The number of fused-ring (bicyclic) bond motifs is 5. The molecule has 2 bridgehead atoms. The highest BCUT2D eigenvalue weighted by Gasteiger charge is 2.41. The molecule has 1 saturated heterocycles. The number of nitrogens with zero attached hydrogens (tertiary/aromatic N) is 1. The van der Waals surface area contributed by atoms with E-state index in [0.717, 1.165) is 25.7 Å². The van der Waals surface area contributed by atoms with Crippen LogP contribution in [0.25, 0.3) is 22.3 Å². The van der Waals surface area contributed by atoms with Crippen LogP contribution in [0.5, 0.6) is 0 Å². The minimum atomic E-state index is -0.165. The molecular formula is C35H31NO2. The minimum absolute atomic E-state index is 0.0961. The zero-order valence-electron chi connectivity index (χ0n) is 21.4. The van der Waals surface area contributed by atoms with E-state index in [1.54, 1.807) is 0 Å². The van der Waals surface area contributed by atoms with Crippen LogP contribution in [0.1, 0.15) is 41.9 Å². The van der Waals surface area contributed by atoms with Crippen LogP contribution in [0, 0.1) is 0 Å². The third-order valence-corrected chi connectivity index (χ3v) is 8.51. The fourth-order valence-corrected chi connectivity index (χ4v) is 6.71. The number of carbonyl (C=O) groups excluding carboxylic acids is 1. The van der Waals surface area contributed by atoms with E-state index in [9.17, 15) is 4.79 Å². The van der Waals surface area contributed by atoms with Gasteiger partial charge in [0, 0.05) is 12.0 Å². The van der Waals surface area contributed by atoms with Gasteiger partial charge in [0.2, 0.25) is 0 Å². The molecule has 1 aliphatic carbocycles. The molecule has 188 valence electrons. The zero-order chi connectivity index (χ0) is 25.5. The van der Waals surface area contributed by atoms with Crippen LogP contribution in [-0.4, -0.2) is 29.7 Å². The molecule has 7 rings (SSSR count). The molecule has 0 aromatic heterocycles. The monoisotopic (exact) mass is 497 g/mol. The summed E-state index contributed by atoms with van der Waals surface area (Å²) < 4.78 is 6.03. The van der Waals surface area contributed by atoms with Crippen molar-refractivity contribution in [3.05, 3.63) is 131 Å². The van der Waals surface area contributed by atoms with Crippen molar-refractivity contribution in [1.82, 2.24) is 4.90 Å². The van der Waals surface area contributed by atoms with Crippen LogP contribution in [0.4, 0.5) is 4.79 Å². The summed E-state index contributed by atoms with van der Waals surface area (Å²) in [7, 11) is 0. The zero-order valence-corrected chi connectivity index (χ0v) is 21.4. The number of amides is 1. The van der Waals surface area contributed by atoms with Gasteiger partial charge < -0.3 is 4.74 Å². The predicted molar refractivity (Wildman–Crippen MR) is 152 cm³/mol. The van der Waals surface area contributed by atoms with Crippen LogP contribution in [-0.2, 0) is 11.2 Å². The third kappa shape index (κ3) is 4.12. The Labute approximate surface area is 224 Å². The Hall–Kier alpha value is -4.11. The fourth-order valence-electron chi connectivity index (χ4n) is 6.71. The molecule has 3 aliphatic rings. The average Bonchev–Trinajstić information content (AvgIpc) is 3.43. The first-order chi connectivity index (χ1) is 18.7. The highest BCUT2D eigenvalue weighted by Crippen LogP contribution is 2.45. The second kappa shape index (κ2) is 9.64. The van der Waals surface area contributed by atoms with Gasteiger partial charge in [-0.2, -0.15) is 0 Å². The molecule has 4 aromatic carbocycles. The highest BCUT2D eigenvalue weighted by atomic mass is 16.6. The van der Waals surface area contributed by atoms with Crippen LogP contribution in [0.3, 0.4) is 0 Å². The van der Waals surface area contributed by atoms with E-state index in [4.69, 9.17) is 4.74 Å². The van der Waals surface area contributed by atoms with Gasteiger partial charge in [0.05, 0.1) is 6.04 Å². The Morgan fingerprint density at radius 1 is 0.737 bits per heavy atom.